The van der Waals surface area contributed by atoms with Gasteiger partial charge in [-0.25, -0.2) is 5.11 Å². The Balaban J connectivity index is 2.63. The van der Waals surface area contributed by atoms with E-state index in [0.29, 0.717) is 5.75 Å². The fraction of sp³-hybridized carbons (Fsp3) is 1.00. The molecule has 3 heteroatoms. The second-order valence-corrected chi connectivity index (χ2v) is 2.54. The van der Waals surface area contributed by atoms with Crippen LogP contribution in [0, 0.1) is 0 Å². The molecule has 0 fully saturated rings. The van der Waals surface area contributed by atoms with Crippen molar-refractivity contribution in [2.75, 3.05) is 18.6 Å². The lowest BCUT2D eigenvalue weighted by atomic mass is 10.9. The van der Waals surface area contributed by atoms with Crippen LogP contribution in [0.15, 0.2) is 0 Å². The van der Waals surface area contributed by atoms with Crippen molar-refractivity contribution in [2.24, 2.45) is 0 Å². The Kier molecular flexibility index (Phi) is 3.62. The van der Waals surface area contributed by atoms with Gasteiger partial charge in [-0.05, 0) is 0 Å². The van der Waals surface area contributed by atoms with Crippen LogP contribution in [0.3, 0.4) is 0 Å². The summed E-state index contributed by atoms with van der Waals surface area (Å²) in [6.07, 6.45) is 1.53. The quantitative estimate of drug-likeness (QED) is 0.450. The molecule has 0 aromatic carbocycles. The van der Waals surface area contributed by atoms with Crippen molar-refractivity contribution in [1.29, 1.82) is 0 Å². The summed E-state index contributed by atoms with van der Waals surface area (Å²) in [5.41, 5.74) is 0. The minimum absolute atomic E-state index is 0.219. The molecule has 1 radical (unpaired) electrons. The van der Waals surface area contributed by atoms with Gasteiger partial charge in [-0.15, -0.1) is 0 Å². The zero-order chi connectivity index (χ0) is 4.99. The molecule has 0 aliphatic heterocycles. The molecule has 0 aromatic rings. The predicted octanol–water partition coefficient (Wildman–Crippen LogP) is -0.205. The van der Waals surface area contributed by atoms with Crippen LogP contribution in [-0.4, -0.2) is 23.2 Å². The minimum atomic E-state index is -0.878. The smallest absolute Gasteiger partial charge is 0.131 e. The second kappa shape index (κ2) is 3.46. The molecule has 0 amide bonds. The van der Waals surface area contributed by atoms with E-state index in [0.717, 1.165) is 0 Å². The average Bonchev–Trinajstić information content (AvgIpc) is 1.35. The Morgan fingerprint density at radius 1 is 1.83 bits per heavy atom. The highest BCUT2D eigenvalue weighted by Crippen LogP contribution is 1.77. The first-order chi connectivity index (χ1) is 2.77. The van der Waals surface area contributed by atoms with Crippen molar-refractivity contribution < 1.29 is 9.66 Å². The normalized spacial score (nSPS) is 14.5. The highest BCUT2D eigenvalue weighted by Gasteiger charge is 1.90. The SMILES string of the molecule is C[S+]([O-])CC[O]. The van der Waals surface area contributed by atoms with E-state index in [4.69, 9.17) is 0 Å². The van der Waals surface area contributed by atoms with Crippen LogP contribution in [-0.2, 0) is 16.3 Å². The highest BCUT2D eigenvalue weighted by atomic mass is 32.2. The number of hydrogen-bond donors (Lipinski definition) is 0. The summed E-state index contributed by atoms with van der Waals surface area (Å²) in [4.78, 5) is 0. The Morgan fingerprint density at radius 2 is 2.33 bits per heavy atom. The van der Waals surface area contributed by atoms with E-state index in [2.05, 4.69) is 0 Å². The van der Waals surface area contributed by atoms with Gasteiger partial charge < -0.3 is 4.55 Å². The molecule has 1 atom stereocenters. The van der Waals surface area contributed by atoms with E-state index in [9.17, 15) is 9.66 Å². The van der Waals surface area contributed by atoms with Crippen LogP contribution >= 0.6 is 0 Å². The summed E-state index contributed by atoms with van der Waals surface area (Å²) >= 11 is -0.878. The monoisotopic (exact) mass is 107 g/mol. The molecule has 0 heterocycles. The van der Waals surface area contributed by atoms with Crippen LogP contribution in [0.25, 0.3) is 0 Å². The van der Waals surface area contributed by atoms with E-state index in [1.807, 2.05) is 0 Å². The standard InChI is InChI=1S/C3H7O2S/c1-6(5)3-2-4/h2-3H2,1H3. The van der Waals surface area contributed by atoms with Gasteiger partial charge in [0.1, 0.15) is 12.4 Å². The lowest BCUT2D eigenvalue weighted by Gasteiger charge is -1.97. The van der Waals surface area contributed by atoms with E-state index in [-0.39, 0.29) is 6.61 Å². The van der Waals surface area contributed by atoms with Gasteiger partial charge >= 0.3 is 0 Å². The molecule has 6 heavy (non-hydrogen) atoms. The number of hydrogen-bond acceptors (Lipinski definition) is 1. The maximum Gasteiger partial charge on any atom is 0.131 e. The molecule has 1 unspecified atom stereocenters. The van der Waals surface area contributed by atoms with Gasteiger partial charge in [0.2, 0.25) is 0 Å². The molecule has 2 nitrogen and oxygen atoms in total. The first-order valence-electron chi connectivity index (χ1n) is 1.65. The largest absolute Gasteiger partial charge is 0.616 e. The van der Waals surface area contributed by atoms with Crippen molar-refractivity contribution in [3.05, 3.63) is 0 Å². The molecule has 37 valence electrons. The van der Waals surface area contributed by atoms with Gasteiger partial charge in [0.25, 0.3) is 0 Å². The molecule has 0 spiro atoms. The van der Waals surface area contributed by atoms with Crippen molar-refractivity contribution in [2.45, 2.75) is 0 Å². The van der Waals surface area contributed by atoms with Gasteiger partial charge in [-0.1, -0.05) is 11.2 Å². The number of rotatable bonds is 2. The van der Waals surface area contributed by atoms with Crippen molar-refractivity contribution >= 4 is 11.2 Å². The lowest BCUT2D eigenvalue weighted by molar-refractivity contribution is 0.213. The van der Waals surface area contributed by atoms with Crippen molar-refractivity contribution in [3.8, 4) is 0 Å². The van der Waals surface area contributed by atoms with E-state index >= 15 is 0 Å². The summed E-state index contributed by atoms with van der Waals surface area (Å²) in [6.45, 7) is -0.219. The van der Waals surface area contributed by atoms with Crippen molar-refractivity contribution in [1.82, 2.24) is 0 Å². The molecule has 0 aliphatic carbocycles. The maximum atomic E-state index is 9.95. The summed E-state index contributed by atoms with van der Waals surface area (Å²) < 4.78 is 9.95. The minimum Gasteiger partial charge on any atom is -0.616 e. The first-order valence-corrected chi connectivity index (χ1v) is 3.38. The maximum absolute atomic E-state index is 9.95. The van der Waals surface area contributed by atoms with Crippen LogP contribution in [0.4, 0.5) is 0 Å². The summed E-state index contributed by atoms with van der Waals surface area (Å²) in [5, 5.41) is 9.55. The van der Waals surface area contributed by atoms with E-state index in [1.165, 1.54) is 6.26 Å². The topological polar surface area (TPSA) is 43.0 Å². The lowest BCUT2D eigenvalue weighted by Crippen LogP contribution is -2.05. The zero-order valence-corrected chi connectivity index (χ0v) is 4.46. The van der Waals surface area contributed by atoms with E-state index in [1.54, 1.807) is 0 Å². The molecular formula is C3H7O2S. The molecule has 0 saturated heterocycles. The third kappa shape index (κ3) is 4.27. The second-order valence-electron chi connectivity index (χ2n) is 0.981. The third-order valence-corrected chi connectivity index (χ3v) is 1.11. The fourth-order valence-electron chi connectivity index (χ4n) is 0.117. The van der Waals surface area contributed by atoms with Gasteiger partial charge in [-0.3, -0.25) is 0 Å². The van der Waals surface area contributed by atoms with Crippen LogP contribution in [0.1, 0.15) is 0 Å². The Morgan fingerprint density at radius 3 is 2.33 bits per heavy atom. The van der Waals surface area contributed by atoms with Crippen LogP contribution in [0.5, 0.6) is 0 Å². The predicted molar refractivity (Wildman–Crippen MR) is 24.5 cm³/mol. The molecule has 0 N–H and O–H groups in total. The van der Waals surface area contributed by atoms with Crippen LogP contribution in [0.2, 0.25) is 0 Å². The van der Waals surface area contributed by atoms with Gasteiger partial charge in [0.15, 0.2) is 0 Å². The molecule has 0 aliphatic rings. The molecule has 0 bridgehead atoms. The van der Waals surface area contributed by atoms with Crippen LogP contribution < -0.4 is 0 Å². The molecular weight excluding hydrogens is 100 g/mol. The average molecular weight is 107 g/mol. The molecule has 0 rings (SSSR count). The summed E-state index contributed by atoms with van der Waals surface area (Å²) in [6, 6.07) is 0. The Labute approximate surface area is 40.4 Å². The zero-order valence-electron chi connectivity index (χ0n) is 3.64. The molecule has 0 aromatic heterocycles. The van der Waals surface area contributed by atoms with E-state index < -0.39 is 11.2 Å². The Bertz CT molecular complexity index is 30.0. The molecule has 0 saturated carbocycles. The third-order valence-electron chi connectivity index (χ3n) is 0.371. The van der Waals surface area contributed by atoms with Gasteiger partial charge in [-0.2, -0.15) is 0 Å². The fourth-order valence-corrected chi connectivity index (χ4v) is 0.352. The first kappa shape index (κ1) is 6.27. The van der Waals surface area contributed by atoms with Crippen molar-refractivity contribution in [3.63, 3.8) is 0 Å². The Hall–Kier alpha value is 0.270. The van der Waals surface area contributed by atoms with Gasteiger partial charge in [0, 0.05) is 0 Å². The summed E-state index contributed by atoms with van der Waals surface area (Å²) in [5.74, 6) is 0.292. The summed E-state index contributed by atoms with van der Waals surface area (Å²) in [7, 11) is 0. The highest BCUT2D eigenvalue weighted by molar-refractivity contribution is 7.90. The van der Waals surface area contributed by atoms with Gasteiger partial charge in [0.05, 0.1) is 6.26 Å².